The summed E-state index contributed by atoms with van der Waals surface area (Å²) in [4.78, 5) is 5.28. The molecule has 0 aliphatic heterocycles. The molecule has 45 heavy (non-hydrogen) atoms. The number of fused-ring (bicyclic) bond motifs is 7. The zero-order chi connectivity index (χ0) is 31.1. The fourth-order valence-electron chi connectivity index (χ4n) is 7.13. The first-order valence-corrected chi connectivity index (χ1v) is 15.8. The molecule has 0 saturated heterocycles. The average molecular weight is 591 g/mol. The zero-order valence-electron chi connectivity index (χ0n) is 26.5. The van der Waals surface area contributed by atoms with Gasteiger partial charge in [0, 0.05) is 10.8 Å². The van der Waals surface area contributed by atoms with Gasteiger partial charge in [0.15, 0.2) is 0 Å². The molecule has 0 N–H and O–H groups in total. The third-order valence-electron chi connectivity index (χ3n) is 9.53. The van der Waals surface area contributed by atoms with E-state index in [1.54, 1.807) is 12.1 Å². The lowest BCUT2D eigenvalue weighted by molar-refractivity contribution is 0.617. The minimum Gasteiger partial charge on any atom is -0.455 e. The van der Waals surface area contributed by atoms with Crippen LogP contribution in [0.5, 0.6) is 0 Å². The smallest absolute Gasteiger partial charge is 0.149 e. The van der Waals surface area contributed by atoms with E-state index in [1.165, 1.54) is 32.7 Å². The molecule has 0 atom stereocenters. The van der Waals surface area contributed by atoms with E-state index in [9.17, 15) is 0 Å². The van der Waals surface area contributed by atoms with E-state index in [-0.39, 0.29) is 17.7 Å². The molecule has 6 aromatic carbocycles. The number of para-hydroxylation sites is 2. The largest absolute Gasteiger partial charge is 0.455 e. The fourth-order valence-corrected chi connectivity index (χ4v) is 7.13. The third-order valence-corrected chi connectivity index (χ3v) is 9.53. The summed E-state index contributed by atoms with van der Waals surface area (Å²) in [6, 6.07) is 31.2. The monoisotopic (exact) mass is 590 g/mol. The zero-order valence-corrected chi connectivity index (χ0v) is 26.5. The number of imidazole rings is 1. The normalized spacial score (nSPS) is 12.3. The van der Waals surface area contributed by atoms with Crippen LogP contribution in [0.2, 0.25) is 0 Å². The summed E-state index contributed by atoms with van der Waals surface area (Å²) in [5.74, 6) is 0.808. The Kier molecular flexibility index (Phi) is 6.15. The van der Waals surface area contributed by atoms with Crippen LogP contribution in [0.3, 0.4) is 0 Å². The number of rotatable bonds is 4. The Bertz CT molecular complexity index is 2450. The van der Waals surface area contributed by atoms with Crippen molar-refractivity contribution in [3.05, 3.63) is 119 Å². The second kappa shape index (κ2) is 10.0. The van der Waals surface area contributed by atoms with Crippen LogP contribution in [-0.4, -0.2) is 9.55 Å². The van der Waals surface area contributed by atoms with Crippen molar-refractivity contribution in [2.24, 2.45) is 0 Å². The van der Waals surface area contributed by atoms with Gasteiger partial charge in [-0.05, 0) is 112 Å². The van der Waals surface area contributed by atoms with E-state index in [1.807, 2.05) is 12.1 Å². The number of hydrogen-bond acceptors (Lipinski definition) is 2. The van der Waals surface area contributed by atoms with Gasteiger partial charge >= 0.3 is 0 Å². The SMILES string of the molecule is Cc1cc(-c2nc3ccccc3n2-c2c(C(C)C)cc(F)cc2C(C)C)c2oc3cc4c(ccc5ccccc54)cc3c2c1C. The first-order chi connectivity index (χ1) is 21.7. The van der Waals surface area contributed by atoms with E-state index in [2.05, 4.69) is 113 Å². The predicted octanol–water partition coefficient (Wildman–Crippen LogP) is 11.9. The molecule has 0 spiro atoms. The maximum absolute atomic E-state index is 15.1. The molecule has 0 saturated carbocycles. The van der Waals surface area contributed by atoms with Crippen molar-refractivity contribution in [1.82, 2.24) is 9.55 Å². The lowest BCUT2D eigenvalue weighted by Gasteiger charge is -2.23. The van der Waals surface area contributed by atoms with E-state index in [0.717, 1.165) is 61.2 Å². The molecule has 0 radical (unpaired) electrons. The summed E-state index contributed by atoms with van der Waals surface area (Å²) in [5, 5.41) is 7.01. The predicted molar refractivity (Wildman–Crippen MR) is 186 cm³/mol. The molecule has 0 amide bonds. The van der Waals surface area contributed by atoms with Crippen molar-refractivity contribution in [2.75, 3.05) is 0 Å². The van der Waals surface area contributed by atoms with Gasteiger partial charge in [-0.2, -0.15) is 0 Å². The second-order valence-corrected chi connectivity index (χ2v) is 13.0. The molecule has 222 valence electrons. The van der Waals surface area contributed by atoms with Gasteiger partial charge in [-0.1, -0.05) is 76.2 Å². The van der Waals surface area contributed by atoms with Crippen molar-refractivity contribution in [3.8, 4) is 17.1 Å². The first-order valence-electron chi connectivity index (χ1n) is 15.8. The van der Waals surface area contributed by atoms with Crippen molar-refractivity contribution in [3.63, 3.8) is 0 Å². The van der Waals surface area contributed by atoms with Crippen molar-refractivity contribution in [1.29, 1.82) is 0 Å². The van der Waals surface area contributed by atoms with Crippen LogP contribution in [0.4, 0.5) is 4.39 Å². The molecule has 8 rings (SSSR count). The standard InChI is InChI=1S/C41H35FN2O/c1-22(2)30-19-28(42)20-31(23(3)4)39(30)44-36-14-10-9-13-35(36)43-41(44)34-17-24(5)25(6)38-33-18-27-16-15-26-11-7-8-12-29(26)32(27)21-37(33)45-40(34)38/h7-23H,1-6H3. The van der Waals surface area contributed by atoms with Gasteiger partial charge in [0.05, 0.1) is 22.3 Å². The minimum atomic E-state index is -0.206. The number of nitrogens with zero attached hydrogens (tertiary/aromatic N) is 2. The Balaban J connectivity index is 1.52. The highest BCUT2D eigenvalue weighted by atomic mass is 19.1. The molecule has 0 aliphatic carbocycles. The van der Waals surface area contributed by atoms with Crippen LogP contribution in [0.15, 0.2) is 95.4 Å². The fraction of sp³-hybridized carbons (Fsp3) is 0.195. The molecule has 0 aliphatic rings. The minimum absolute atomic E-state index is 0.107. The van der Waals surface area contributed by atoms with Crippen LogP contribution in [0, 0.1) is 19.7 Å². The quantitative estimate of drug-likeness (QED) is 0.191. The highest BCUT2D eigenvalue weighted by Crippen LogP contribution is 2.44. The summed E-state index contributed by atoms with van der Waals surface area (Å²) in [6.45, 7) is 12.9. The number of halogens is 1. The molecule has 3 nitrogen and oxygen atoms in total. The lowest BCUT2D eigenvalue weighted by Crippen LogP contribution is -2.10. The highest BCUT2D eigenvalue weighted by Gasteiger charge is 2.26. The molecule has 8 aromatic rings. The molecule has 0 unspecified atom stereocenters. The van der Waals surface area contributed by atoms with Crippen LogP contribution in [0.1, 0.15) is 61.8 Å². The second-order valence-electron chi connectivity index (χ2n) is 13.0. The molecule has 2 heterocycles. The van der Waals surface area contributed by atoms with Crippen LogP contribution in [-0.2, 0) is 0 Å². The summed E-state index contributed by atoms with van der Waals surface area (Å²) in [6.07, 6.45) is 0. The Labute approximate surface area is 261 Å². The number of hydrogen-bond donors (Lipinski definition) is 0. The van der Waals surface area contributed by atoms with Gasteiger partial charge in [-0.15, -0.1) is 0 Å². The summed E-state index contributed by atoms with van der Waals surface area (Å²) in [5.41, 5.74) is 9.79. The van der Waals surface area contributed by atoms with Gasteiger partial charge in [0.2, 0.25) is 0 Å². The van der Waals surface area contributed by atoms with E-state index >= 15 is 4.39 Å². The summed E-state index contributed by atoms with van der Waals surface area (Å²) in [7, 11) is 0. The summed E-state index contributed by atoms with van der Waals surface area (Å²) >= 11 is 0. The summed E-state index contributed by atoms with van der Waals surface area (Å²) < 4.78 is 24.2. The van der Waals surface area contributed by atoms with Gasteiger partial charge in [0.1, 0.15) is 22.8 Å². The molecular formula is C41H35FN2O. The number of aryl methyl sites for hydroxylation is 2. The highest BCUT2D eigenvalue weighted by molar-refractivity contribution is 6.18. The van der Waals surface area contributed by atoms with Crippen molar-refractivity contribution in [2.45, 2.75) is 53.4 Å². The van der Waals surface area contributed by atoms with Crippen LogP contribution < -0.4 is 0 Å². The number of benzene rings is 6. The van der Waals surface area contributed by atoms with Gasteiger partial charge in [-0.3, -0.25) is 4.57 Å². The van der Waals surface area contributed by atoms with Crippen LogP contribution >= 0.6 is 0 Å². The number of aromatic nitrogens is 2. The van der Waals surface area contributed by atoms with Gasteiger partial charge in [-0.25, -0.2) is 9.37 Å². The molecule has 4 heteroatoms. The Morgan fingerprint density at radius 3 is 2.16 bits per heavy atom. The first kappa shape index (κ1) is 27.6. The topological polar surface area (TPSA) is 31.0 Å². The molecule has 0 bridgehead atoms. The lowest BCUT2D eigenvalue weighted by atomic mass is 9.91. The number of furan rings is 1. The Morgan fingerprint density at radius 1 is 0.711 bits per heavy atom. The van der Waals surface area contributed by atoms with E-state index in [4.69, 9.17) is 9.40 Å². The van der Waals surface area contributed by atoms with Crippen molar-refractivity contribution >= 4 is 54.5 Å². The average Bonchev–Trinajstić information content (AvgIpc) is 3.60. The van der Waals surface area contributed by atoms with E-state index < -0.39 is 0 Å². The maximum Gasteiger partial charge on any atom is 0.149 e. The Morgan fingerprint density at radius 2 is 1.40 bits per heavy atom. The van der Waals surface area contributed by atoms with Crippen molar-refractivity contribution < 1.29 is 8.81 Å². The van der Waals surface area contributed by atoms with Gasteiger partial charge < -0.3 is 4.42 Å². The van der Waals surface area contributed by atoms with E-state index in [0.29, 0.717) is 0 Å². The van der Waals surface area contributed by atoms with Crippen LogP contribution in [0.25, 0.3) is 71.6 Å². The Hall–Kier alpha value is -4.96. The maximum atomic E-state index is 15.1. The molecule has 2 aromatic heterocycles. The molecule has 0 fully saturated rings. The van der Waals surface area contributed by atoms with Gasteiger partial charge in [0.25, 0.3) is 0 Å². The molecular weight excluding hydrogens is 555 g/mol. The third kappa shape index (κ3) is 4.12.